The Morgan fingerprint density at radius 3 is 2.17 bits per heavy atom. The van der Waals surface area contributed by atoms with Crippen LogP contribution in [0, 0.1) is 56.7 Å². The number of carbonyl (C=O) groups is 2. The lowest BCUT2D eigenvalue weighted by Crippen LogP contribution is -2.66. The minimum absolute atomic E-state index is 0.0145. The highest BCUT2D eigenvalue weighted by atomic mass is 32.2. The lowest BCUT2D eigenvalue weighted by molar-refractivity contribution is -0.225. The van der Waals surface area contributed by atoms with Gasteiger partial charge in [-0.3, -0.25) is 4.79 Å². The molecule has 290 valence electrons. The molecule has 1 saturated heterocycles. The maximum absolute atomic E-state index is 13.9. The zero-order valence-electron chi connectivity index (χ0n) is 33.2. The first-order chi connectivity index (χ1) is 24.8. The minimum Gasteiger partial charge on any atom is -0.478 e. The third-order valence-electron chi connectivity index (χ3n) is 17.8. The largest absolute Gasteiger partial charge is 0.478 e. The summed E-state index contributed by atoms with van der Waals surface area (Å²) >= 11 is 0. The van der Waals surface area contributed by atoms with Crippen molar-refractivity contribution in [2.75, 3.05) is 31.1 Å². The molecule has 2 N–H and O–H groups in total. The molecule has 0 bridgehead atoms. The summed E-state index contributed by atoms with van der Waals surface area (Å²) in [5.74, 6) is 2.29. The summed E-state index contributed by atoms with van der Waals surface area (Å²) < 4.78 is 24.2. The van der Waals surface area contributed by atoms with Gasteiger partial charge in [-0.05, 0) is 157 Å². The molecule has 1 heterocycles. The normalized spacial score (nSPS) is 41.9. The number of hydrogen-bond donors (Lipinski definition) is 2. The van der Waals surface area contributed by atoms with Gasteiger partial charge in [0, 0.05) is 19.6 Å². The van der Waals surface area contributed by atoms with Gasteiger partial charge in [0.1, 0.15) is 0 Å². The van der Waals surface area contributed by atoms with E-state index < -0.39 is 21.3 Å². The molecule has 1 aromatic carbocycles. The standard InChI is InChI=1S/C45H64N2O5S/c1-29(2)32-14-19-44(28-46-45(22-23-45)39(50)47-24-26-53(51,52)27-25-47)21-20-42(6)34(37(32)44)12-13-36-41(5)17-15-33(30-8-10-31(11-9-30)38(48)49)40(3,4)35(41)16-18-43(36,42)7/h8-11,15,32,34-37,46H,1,12-14,16-28H2,2-7H3,(H,48,49)/t32-,34+,35-,36+,37+,41-,42+,43+,44+/m0/s1. The highest BCUT2D eigenvalue weighted by Crippen LogP contribution is 2.77. The Morgan fingerprint density at radius 1 is 0.868 bits per heavy atom. The number of allylic oxidation sites excluding steroid dienone is 3. The number of carboxylic acids is 1. The fourth-order valence-electron chi connectivity index (χ4n) is 14.6. The van der Waals surface area contributed by atoms with Crippen LogP contribution in [0.15, 0.2) is 42.5 Å². The summed E-state index contributed by atoms with van der Waals surface area (Å²) in [6.07, 6.45) is 15.1. The van der Waals surface area contributed by atoms with Crippen LogP contribution in [0.2, 0.25) is 0 Å². The number of rotatable bonds is 7. The van der Waals surface area contributed by atoms with Gasteiger partial charge in [0.15, 0.2) is 9.84 Å². The zero-order valence-corrected chi connectivity index (χ0v) is 34.0. The average molecular weight is 745 g/mol. The number of benzene rings is 1. The average Bonchev–Trinajstić information content (AvgIpc) is 3.79. The predicted octanol–water partition coefficient (Wildman–Crippen LogP) is 8.41. The molecule has 7 aliphatic rings. The zero-order chi connectivity index (χ0) is 38.0. The van der Waals surface area contributed by atoms with Gasteiger partial charge in [0.2, 0.25) is 5.91 Å². The van der Waals surface area contributed by atoms with E-state index in [0.29, 0.717) is 48.2 Å². The molecular weight excluding hydrogens is 681 g/mol. The van der Waals surface area contributed by atoms with Gasteiger partial charge in [-0.15, -0.1) is 0 Å². The molecule has 1 amide bonds. The number of carboxylic acid groups (broad SMARTS) is 1. The minimum atomic E-state index is -3.04. The van der Waals surface area contributed by atoms with E-state index in [9.17, 15) is 23.1 Å². The van der Waals surface area contributed by atoms with Gasteiger partial charge in [-0.25, -0.2) is 13.2 Å². The van der Waals surface area contributed by atoms with Crippen molar-refractivity contribution < 1.29 is 23.1 Å². The molecule has 0 spiro atoms. The monoisotopic (exact) mass is 744 g/mol. The second-order valence-electron chi connectivity index (χ2n) is 20.4. The second kappa shape index (κ2) is 12.3. The molecule has 9 atom stereocenters. The van der Waals surface area contributed by atoms with Crippen LogP contribution in [0.3, 0.4) is 0 Å². The quantitative estimate of drug-likeness (QED) is 0.272. The van der Waals surface area contributed by atoms with Crippen LogP contribution in [0.5, 0.6) is 0 Å². The smallest absolute Gasteiger partial charge is 0.335 e. The van der Waals surface area contributed by atoms with E-state index >= 15 is 0 Å². The van der Waals surface area contributed by atoms with Crippen molar-refractivity contribution in [2.45, 2.75) is 118 Å². The maximum atomic E-state index is 13.9. The summed E-state index contributed by atoms with van der Waals surface area (Å²) in [7, 11) is -3.04. The van der Waals surface area contributed by atoms with Crippen molar-refractivity contribution in [2.24, 2.45) is 56.7 Å². The maximum Gasteiger partial charge on any atom is 0.335 e. The fraction of sp³-hybridized carbons (Fsp3) is 0.733. The molecule has 7 nitrogen and oxygen atoms in total. The molecule has 0 radical (unpaired) electrons. The first-order valence-electron chi connectivity index (χ1n) is 20.8. The van der Waals surface area contributed by atoms with Crippen molar-refractivity contribution in [1.82, 2.24) is 10.2 Å². The van der Waals surface area contributed by atoms with E-state index in [-0.39, 0.29) is 44.5 Å². The van der Waals surface area contributed by atoms with E-state index in [4.69, 9.17) is 0 Å². The first-order valence-corrected chi connectivity index (χ1v) is 22.6. The van der Waals surface area contributed by atoms with Crippen LogP contribution < -0.4 is 5.32 Å². The van der Waals surface area contributed by atoms with E-state index in [2.05, 4.69) is 59.5 Å². The van der Waals surface area contributed by atoms with Crippen molar-refractivity contribution in [3.05, 3.63) is 53.6 Å². The van der Waals surface area contributed by atoms with Crippen LogP contribution in [-0.2, 0) is 14.6 Å². The van der Waals surface area contributed by atoms with E-state index in [1.165, 1.54) is 62.5 Å². The highest BCUT2D eigenvalue weighted by molar-refractivity contribution is 7.91. The van der Waals surface area contributed by atoms with Gasteiger partial charge >= 0.3 is 5.97 Å². The van der Waals surface area contributed by atoms with Crippen LogP contribution in [0.1, 0.15) is 128 Å². The summed E-state index contributed by atoms with van der Waals surface area (Å²) in [6, 6.07) is 7.55. The third kappa shape index (κ3) is 5.51. The molecule has 8 rings (SSSR count). The Kier molecular flexibility index (Phi) is 8.68. The second-order valence-corrected chi connectivity index (χ2v) is 22.7. The van der Waals surface area contributed by atoms with Gasteiger partial charge in [0.05, 0.1) is 22.6 Å². The molecule has 1 aliphatic heterocycles. The number of nitrogens with zero attached hydrogens (tertiary/aromatic N) is 1. The Morgan fingerprint density at radius 2 is 1.55 bits per heavy atom. The molecule has 6 aliphatic carbocycles. The molecule has 6 fully saturated rings. The Bertz CT molecular complexity index is 1830. The van der Waals surface area contributed by atoms with Crippen molar-refractivity contribution >= 4 is 27.3 Å². The van der Waals surface area contributed by atoms with E-state index in [1.54, 1.807) is 12.1 Å². The first kappa shape index (κ1) is 37.5. The Balaban J connectivity index is 1.06. The number of amides is 1. The molecule has 8 heteroatoms. The van der Waals surface area contributed by atoms with Crippen LogP contribution >= 0.6 is 0 Å². The lowest BCUT2D eigenvalue weighted by atomic mass is 9.32. The van der Waals surface area contributed by atoms with Crippen molar-refractivity contribution in [3.8, 4) is 0 Å². The molecular formula is C45H64N2O5S. The molecule has 5 saturated carbocycles. The summed E-state index contributed by atoms with van der Waals surface area (Å²) in [4.78, 5) is 27.3. The van der Waals surface area contributed by atoms with Crippen molar-refractivity contribution in [3.63, 3.8) is 0 Å². The summed E-state index contributed by atoms with van der Waals surface area (Å²) in [5, 5.41) is 13.4. The van der Waals surface area contributed by atoms with Crippen LogP contribution in [-0.4, -0.2) is 67.0 Å². The van der Waals surface area contributed by atoms with Gasteiger partial charge in [0.25, 0.3) is 0 Å². The Hall–Kier alpha value is -2.45. The van der Waals surface area contributed by atoms with Crippen LogP contribution in [0.25, 0.3) is 5.57 Å². The van der Waals surface area contributed by atoms with Crippen LogP contribution in [0.4, 0.5) is 0 Å². The number of carbonyl (C=O) groups excluding carboxylic acids is 1. The number of hydrogen-bond acceptors (Lipinski definition) is 5. The fourth-order valence-corrected chi connectivity index (χ4v) is 15.8. The van der Waals surface area contributed by atoms with Crippen molar-refractivity contribution in [1.29, 1.82) is 0 Å². The molecule has 0 aromatic heterocycles. The summed E-state index contributed by atoms with van der Waals surface area (Å²) in [6.45, 7) is 21.3. The number of sulfone groups is 1. The summed E-state index contributed by atoms with van der Waals surface area (Å²) in [5.41, 5.74) is 4.49. The SMILES string of the molecule is C=C(C)[C@@H]1CC[C@]2(CNC3(C(=O)N4CCS(=O)(=O)CC4)CC3)CC[C@]3(C)[C@H](CC[C@@H]4[C@@]5(C)CC=C(c6ccc(C(=O)O)cc6)C(C)(C)[C@@H]5CC[C@]43C)[C@@H]12. The topological polar surface area (TPSA) is 104 Å². The number of aromatic carboxylic acids is 1. The molecule has 0 unspecified atom stereocenters. The lowest BCUT2D eigenvalue weighted by Gasteiger charge is -2.72. The number of fused-ring (bicyclic) bond motifs is 7. The van der Waals surface area contributed by atoms with E-state index in [1.807, 2.05) is 17.0 Å². The predicted molar refractivity (Wildman–Crippen MR) is 211 cm³/mol. The molecule has 53 heavy (non-hydrogen) atoms. The highest BCUT2D eigenvalue weighted by Gasteiger charge is 2.70. The van der Waals surface area contributed by atoms with E-state index in [0.717, 1.165) is 31.4 Å². The molecule has 1 aromatic rings. The Labute approximate surface area is 318 Å². The van der Waals surface area contributed by atoms with Gasteiger partial charge in [-0.2, -0.15) is 0 Å². The van der Waals surface area contributed by atoms with Gasteiger partial charge in [-0.1, -0.05) is 65.0 Å². The van der Waals surface area contributed by atoms with Gasteiger partial charge < -0.3 is 15.3 Å². The number of nitrogens with one attached hydrogen (secondary N) is 1. The third-order valence-corrected chi connectivity index (χ3v) is 19.4.